The van der Waals surface area contributed by atoms with Crippen LogP contribution in [0.1, 0.15) is 22.8 Å². The molecule has 6 heteroatoms. The van der Waals surface area contributed by atoms with Crippen molar-refractivity contribution in [2.24, 2.45) is 4.99 Å². The van der Waals surface area contributed by atoms with Gasteiger partial charge in [-0.1, -0.05) is 30.3 Å². The first kappa shape index (κ1) is 16.0. The van der Waals surface area contributed by atoms with Crippen LogP contribution < -0.4 is 0 Å². The van der Waals surface area contributed by atoms with Crippen LogP contribution in [0.5, 0.6) is 0 Å². The van der Waals surface area contributed by atoms with Gasteiger partial charge in [0.05, 0.1) is 11.1 Å². The zero-order valence-corrected chi connectivity index (χ0v) is 13.8. The van der Waals surface area contributed by atoms with Crippen LogP contribution in [0.15, 0.2) is 65.4 Å². The third-order valence-electron chi connectivity index (χ3n) is 4.10. The second kappa shape index (κ2) is 6.07. The first-order chi connectivity index (χ1) is 12.5. The molecule has 128 valence electrons. The Kier molecular flexibility index (Phi) is 3.73. The zero-order valence-electron chi connectivity index (χ0n) is 13.8. The minimum Gasteiger partial charge on any atom is -0.402 e. The molecule has 1 aliphatic heterocycles. The van der Waals surface area contributed by atoms with Gasteiger partial charge in [-0.05, 0) is 24.3 Å². The predicted octanol–water partition coefficient (Wildman–Crippen LogP) is 3.79. The summed E-state index contributed by atoms with van der Waals surface area (Å²) in [4.78, 5) is 28.1. The summed E-state index contributed by atoms with van der Waals surface area (Å²) in [5.74, 6) is -1.40. The van der Waals surface area contributed by atoms with Gasteiger partial charge in [0.15, 0.2) is 5.70 Å². The number of halogens is 1. The number of rotatable bonds is 2. The molecule has 0 bridgehead atoms. The molecule has 0 fully saturated rings. The van der Waals surface area contributed by atoms with Crippen LogP contribution in [0.2, 0.25) is 0 Å². The van der Waals surface area contributed by atoms with Gasteiger partial charge in [-0.3, -0.25) is 9.36 Å². The number of aliphatic imine (C=N–C) groups is 1. The number of hydrogen-bond donors (Lipinski definition) is 0. The van der Waals surface area contributed by atoms with Gasteiger partial charge < -0.3 is 4.74 Å². The minimum atomic E-state index is -0.664. The predicted molar refractivity (Wildman–Crippen MR) is 95.2 cm³/mol. The highest BCUT2D eigenvalue weighted by Crippen LogP contribution is 2.26. The lowest BCUT2D eigenvalue weighted by atomic mass is 10.1. The molecule has 4 rings (SSSR count). The lowest BCUT2D eigenvalue weighted by Crippen LogP contribution is -2.07. The Labute approximate surface area is 148 Å². The Morgan fingerprint density at radius 1 is 1.15 bits per heavy atom. The number of benzene rings is 2. The summed E-state index contributed by atoms with van der Waals surface area (Å²) in [6, 6.07) is 13.3. The van der Waals surface area contributed by atoms with E-state index < -0.39 is 11.8 Å². The average Bonchev–Trinajstić information content (AvgIpc) is 3.17. The molecule has 0 aliphatic carbocycles. The summed E-state index contributed by atoms with van der Waals surface area (Å²) < 4.78 is 20.5. The Hall–Kier alpha value is -3.54. The third kappa shape index (κ3) is 2.61. The van der Waals surface area contributed by atoms with Gasteiger partial charge in [-0.15, -0.1) is 0 Å². The fraction of sp³-hybridized carbons (Fsp3) is 0.0500. The van der Waals surface area contributed by atoms with E-state index in [9.17, 15) is 14.0 Å². The third-order valence-corrected chi connectivity index (χ3v) is 4.10. The Morgan fingerprint density at radius 3 is 2.65 bits per heavy atom. The second-order valence-electron chi connectivity index (χ2n) is 5.81. The summed E-state index contributed by atoms with van der Waals surface area (Å²) in [5.41, 5.74) is 1.56. The average molecular weight is 348 g/mol. The summed E-state index contributed by atoms with van der Waals surface area (Å²) in [6.07, 6.45) is 3.18. The van der Waals surface area contributed by atoms with Crippen molar-refractivity contribution in [1.82, 2.24) is 4.57 Å². The van der Waals surface area contributed by atoms with Crippen molar-refractivity contribution in [3.8, 4) is 0 Å². The molecular formula is C20H13FN2O3. The van der Waals surface area contributed by atoms with E-state index in [1.165, 1.54) is 29.7 Å². The molecule has 1 aliphatic rings. The van der Waals surface area contributed by atoms with Crippen molar-refractivity contribution in [2.45, 2.75) is 6.92 Å². The number of fused-ring (bicyclic) bond motifs is 1. The van der Waals surface area contributed by atoms with Crippen LogP contribution in [-0.2, 0) is 9.53 Å². The maximum atomic E-state index is 13.9. The molecule has 0 saturated heterocycles. The molecule has 5 nitrogen and oxygen atoms in total. The maximum Gasteiger partial charge on any atom is 0.363 e. The number of hydrogen-bond acceptors (Lipinski definition) is 4. The van der Waals surface area contributed by atoms with Crippen LogP contribution in [0, 0.1) is 5.82 Å². The van der Waals surface area contributed by atoms with Gasteiger partial charge in [0, 0.05) is 24.1 Å². The fourth-order valence-corrected chi connectivity index (χ4v) is 2.89. The van der Waals surface area contributed by atoms with Crippen molar-refractivity contribution in [2.75, 3.05) is 0 Å². The Balaban J connectivity index is 1.82. The number of para-hydroxylation sites is 1. The molecular weight excluding hydrogens is 335 g/mol. The van der Waals surface area contributed by atoms with Crippen LogP contribution in [-0.4, -0.2) is 22.3 Å². The molecule has 1 aromatic heterocycles. The van der Waals surface area contributed by atoms with Gasteiger partial charge in [0.1, 0.15) is 5.82 Å². The van der Waals surface area contributed by atoms with Crippen LogP contribution in [0.25, 0.3) is 17.0 Å². The Morgan fingerprint density at radius 2 is 1.88 bits per heavy atom. The zero-order chi connectivity index (χ0) is 18.3. The SMILES string of the molecule is CC(=O)n1cc(C=C2N=C(c3ccccc3F)OC2=O)c2ccccc21. The first-order valence-corrected chi connectivity index (χ1v) is 7.93. The molecule has 2 aromatic carbocycles. The Bertz CT molecular complexity index is 1130. The number of cyclic esters (lactones) is 1. The highest BCUT2D eigenvalue weighted by atomic mass is 19.1. The highest BCUT2D eigenvalue weighted by molar-refractivity contribution is 6.13. The summed E-state index contributed by atoms with van der Waals surface area (Å²) in [5, 5.41) is 0.803. The van der Waals surface area contributed by atoms with E-state index in [-0.39, 0.29) is 23.1 Å². The number of nitrogens with zero attached hydrogens (tertiary/aromatic N) is 2. The number of aromatic nitrogens is 1. The van der Waals surface area contributed by atoms with Crippen molar-refractivity contribution in [3.63, 3.8) is 0 Å². The lowest BCUT2D eigenvalue weighted by Gasteiger charge is -1.99. The molecule has 0 amide bonds. The molecule has 0 radical (unpaired) electrons. The number of esters is 1. The van der Waals surface area contributed by atoms with E-state index in [1.54, 1.807) is 18.3 Å². The second-order valence-corrected chi connectivity index (χ2v) is 5.81. The first-order valence-electron chi connectivity index (χ1n) is 7.93. The summed E-state index contributed by atoms with van der Waals surface area (Å²) >= 11 is 0. The van der Waals surface area contributed by atoms with E-state index in [1.807, 2.05) is 24.3 Å². The monoisotopic (exact) mass is 348 g/mol. The number of ether oxygens (including phenoxy) is 1. The van der Waals surface area contributed by atoms with E-state index in [0.717, 1.165) is 10.9 Å². The summed E-state index contributed by atoms with van der Waals surface area (Å²) in [6.45, 7) is 1.46. The summed E-state index contributed by atoms with van der Waals surface area (Å²) in [7, 11) is 0. The number of carbonyl (C=O) groups is 2. The molecule has 26 heavy (non-hydrogen) atoms. The van der Waals surface area contributed by atoms with E-state index >= 15 is 0 Å². The van der Waals surface area contributed by atoms with Gasteiger partial charge in [-0.2, -0.15) is 0 Å². The molecule has 0 N–H and O–H groups in total. The molecule has 0 saturated carbocycles. The topological polar surface area (TPSA) is 60.7 Å². The fourth-order valence-electron chi connectivity index (χ4n) is 2.89. The lowest BCUT2D eigenvalue weighted by molar-refractivity contribution is -0.129. The van der Waals surface area contributed by atoms with Crippen molar-refractivity contribution in [3.05, 3.63) is 77.4 Å². The number of carbonyl (C=O) groups excluding carboxylic acids is 2. The van der Waals surface area contributed by atoms with E-state index in [4.69, 9.17) is 4.74 Å². The van der Waals surface area contributed by atoms with Crippen LogP contribution in [0.3, 0.4) is 0 Å². The van der Waals surface area contributed by atoms with Crippen molar-refractivity contribution >= 4 is 34.8 Å². The molecule has 0 spiro atoms. The standard InChI is InChI=1S/C20H13FN2O3/c1-12(24)23-11-13(14-6-3-5-9-18(14)23)10-17-20(25)26-19(22-17)15-7-2-4-8-16(15)21/h2-11H,1H3. The van der Waals surface area contributed by atoms with Crippen molar-refractivity contribution < 1.29 is 18.7 Å². The van der Waals surface area contributed by atoms with Gasteiger partial charge in [0.25, 0.3) is 0 Å². The molecule has 3 aromatic rings. The van der Waals surface area contributed by atoms with Gasteiger partial charge in [0.2, 0.25) is 11.8 Å². The van der Waals surface area contributed by atoms with E-state index in [2.05, 4.69) is 4.99 Å². The molecule has 2 heterocycles. The maximum absolute atomic E-state index is 13.9. The molecule has 0 atom stereocenters. The molecule has 0 unspecified atom stereocenters. The highest BCUT2D eigenvalue weighted by Gasteiger charge is 2.26. The normalized spacial score (nSPS) is 15.4. The van der Waals surface area contributed by atoms with Gasteiger partial charge in [-0.25, -0.2) is 14.2 Å². The smallest absolute Gasteiger partial charge is 0.363 e. The van der Waals surface area contributed by atoms with E-state index in [0.29, 0.717) is 5.56 Å². The van der Waals surface area contributed by atoms with Gasteiger partial charge >= 0.3 is 5.97 Å². The van der Waals surface area contributed by atoms with Crippen molar-refractivity contribution in [1.29, 1.82) is 0 Å². The largest absolute Gasteiger partial charge is 0.402 e. The van der Waals surface area contributed by atoms with Crippen LogP contribution in [0.4, 0.5) is 4.39 Å². The van der Waals surface area contributed by atoms with Crippen LogP contribution >= 0.6 is 0 Å². The minimum absolute atomic E-state index is 0.0507. The quantitative estimate of drug-likeness (QED) is 0.523.